The number of carboxylic acid groups (broad SMARTS) is 1. The molecule has 0 fully saturated rings. The van der Waals surface area contributed by atoms with Crippen LogP contribution in [0.3, 0.4) is 0 Å². The topological polar surface area (TPSA) is 37.3 Å². The number of hydrogen-bond donors (Lipinski definition) is 1. The van der Waals surface area contributed by atoms with Gasteiger partial charge in [0.25, 0.3) is 0 Å². The first kappa shape index (κ1) is 10.7. The summed E-state index contributed by atoms with van der Waals surface area (Å²) in [5.41, 5.74) is 0.416. The van der Waals surface area contributed by atoms with Gasteiger partial charge in [0.15, 0.2) is 0 Å². The molecule has 0 unspecified atom stereocenters. The molecule has 0 saturated heterocycles. The minimum Gasteiger partial charge on any atom is -0.481 e. The summed E-state index contributed by atoms with van der Waals surface area (Å²) >= 11 is 6.27. The van der Waals surface area contributed by atoms with Crippen LogP contribution < -0.4 is 0 Å². The van der Waals surface area contributed by atoms with Gasteiger partial charge in [0, 0.05) is 8.95 Å². The molecule has 0 saturated carbocycles. The number of benzene rings is 1. The van der Waals surface area contributed by atoms with E-state index in [-0.39, 0.29) is 6.42 Å². The van der Waals surface area contributed by atoms with Crippen molar-refractivity contribution in [3.8, 4) is 0 Å². The van der Waals surface area contributed by atoms with Gasteiger partial charge in [-0.2, -0.15) is 0 Å². The summed E-state index contributed by atoms with van der Waals surface area (Å²) in [5, 5.41) is 8.51. The Morgan fingerprint density at radius 2 is 2.08 bits per heavy atom. The summed E-state index contributed by atoms with van der Waals surface area (Å²) in [6.45, 7) is 0. The molecule has 70 valence electrons. The first-order valence-corrected chi connectivity index (χ1v) is 4.94. The molecule has 0 aliphatic rings. The molecule has 2 nitrogen and oxygen atoms in total. The van der Waals surface area contributed by atoms with Gasteiger partial charge in [0.05, 0.1) is 6.42 Å². The molecule has 5 heteroatoms. The van der Waals surface area contributed by atoms with Gasteiger partial charge in [-0.15, -0.1) is 0 Å². The lowest BCUT2D eigenvalue weighted by Gasteiger charge is -2.03. The number of aliphatic carboxylic acids is 1. The van der Waals surface area contributed by atoms with Crippen LogP contribution >= 0.6 is 31.9 Å². The Balaban J connectivity index is 3.12. The average molecular weight is 312 g/mol. The van der Waals surface area contributed by atoms with Crippen molar-refractivity contribution in [2.24, 2.45) is 0 Å². The average Bonchev–Trinajstić information content (AvgIpc) is 1.98. The Hall–Kier alpha value is -0.420. The number of carboxylic acids is 1. The first-order valence-electron chi connectivity index (χ1n) is 3.36. The zero-order valence-corrected chi connectivity index (χ0v) is 9.52. The zero-order chi connectivity index (χ0) is 10.0. The Morgan fingerprint density at radius 3 is 2.62 bits per heavy atom. The van der Waals surface area contributed by atoms with E-state index in [9.17, 15) is 9.18 Å². The highest BCUT2D eigenvalue weighted by Crippen LogP contribution is 2.28. The third-order valence-corrected chi connectivity index (χ3v) is 3.50. The van der Waals surface area contributed by atoms with E-state index >= 15 is 0 Å². The molecule has 1 aromatic rings. The lowest BCUT2D eigenvalue weighted by molar-refractivity contribution is -0.136. The molecule has 0 spiro atoms. The Morgan fingerprint density at radius 1 is 1.46 bits per heavy atom. The monoisotopic (exact) mass is 310 g/mol. The summed E-state index contributed by atoms with van der Waals surface area (Å²) in [7, 11) is 0. The molecule has 0 atom stereocenters. The van der Waals surface area contributed by atoms with Crippen LogP contribution in [-0.2, 0) is 11.2 Å². The fraction of sp³-hybridized carbons (Fsp3) is 0.125. The maximum atomic E-state index is 12.8. The Kier molecular flexibility index (Phi) is 3.44. The van der Waals surface area contributed by atoms with Crippen molar-refractivity contribution in [3.63, 3.8) is 0 Å². The van der Waals surface area contributed by atoms with Gasteiger partial charge in [-0.05, 0) is 49.6 Å². The van der Waals surface area contributed by atoms with Gasteiger partial charge in [-0.3, -0.25) is 4.79 Å². The molecule has 0 aliphatic heterocycles. The van der Waals surface area contributed by atoms with Crippen molar-refractivity contribution in [3.05, 3.63) is 32.5 Å². The fourth-order valence-corrected chi connectivity index (χ4v) is 1.74. The van der Waals surface area contributed by atoms with Crippen LogP contribution in [0.2, 0.25) is 0 Å². The molecular weight excluding hydrogens is 307 g/mol. The van der Waals surface area contributed by atoms with E-state index in [0.29, 0.717) is 14.5 Å². The van der Waals surface area contributed by atoms with Crippen molar-refractivity contribution in [1.82, 2.24) is 0 Å². The van der Waals surface area contributed by atoms with Crippen molar-refractivity contribution >= 4 is 37.8 Å². The maximum absolute atomic E-state index is 12.8. The Labute approximate surface area is 91.0 Å². The van der Waals surface area contributed by atoms with Crippen LogP contribution in [0.5, 0.6) is 0 Å². The van der Waals surface area contributed by atoms with Crippen LogP contribution in [0.1, 0.15) is 5.56 Å². The van der Waals surface area contributed by atoms with E-state index in [0.717, 1.165) is 0 Å². The number of carbonyl (C=O) groups is 1. The van der Waals surface area contributed by atoms with Crippen molar-refractivity contribution in [1.29, 1.82) is 0 Å². The smallest absolute Gasteiger partial charge is 0.307 e. The molecule has 0 amide bonds. The molecule has 13 heavy (non-hydrogen) atoms. The molecule has 0 heterocycles. The normalized spacial score (nSPS) is 10.1. The molecule has 0 radical (unpaired) electrons. The van der Waals surface area contributed by atoms with Gasteiger partial charge in [0.1, 0.15) is 5.82 Å². The zero-order valence-electron chi connectivity index (χ0n) is 6.35. The SMILES string of the molecule is O=C(O)Cc1cc(F)cc(Br)c1Br. The quantitative estimate of drug-likeness (QED) is 0.853. The molecule has 0 bridgehead atoms. The summed E-state index contributed by atoms with van der Waals surface area (Å²) in [6.07, 6.45) is -0.197. The van der Waals surface area contributed by atoms with E-state index < -0.39 is 11.8 Å². The summed E-state index contributed by atoms with van der Waals surface area (Å²) < 4.78 is 13.9. The van der Waals surface area contributed by atoms with E-state index in [2.05, 4.69) is 31.9 Å². The third-order valence-electron chi connectivity index (χ3n) is 1.41. The van der Waals surface area contributed by atoms with Crippen LogP contribution in [0.4, 0.5) is 4.39 Å². The van der Waals surface area contributed by atoms with Crippen molar-refractivity contribution < 1.29 is 14.3 Å². The molecule has 0 aromatic heterocycles. The van der Waals surface area contributed by atoms with Gasteiger partial charge in [-0.25, -0.2) is 4.39 Å². The van der Waals surface area contributed by atoms with Gasteiger partial charge in [-0.1, -0.05) is 0 Å². The number of halogens is 3. The first-order chi connectivity index (χ1) is 6.00. The van der Waals surface area contributed by atoms with Crippen LogP contribution in [0.25, 0.3) is 0 Å². The molecule has 1 N–H and O–H groups in total. The molecule has 1 aromatic carbocycles. The molecular formula is C8H5Br2FO2. The van der Waals surface area contributed by atoms with Crippen LogP contribution in [0.15, 0.2) is 21.1 Å². The highest BCUT2D eigenvalue weighted by atomic mass is 79.9. The molecule has 0 aliphatic carbocycles. The molecule has 1 rings (SSSR count). The van der Waals surface area contributed by atoms with Crippen LogP contribution in [-0.4, -0.2) is 11.1 Å². The van der Waals surface area contributed by atoms with E-state index in [1.807, 2.05) is 0 Å². The predicted molar refractivity (Wildman–Crippen MR) is 53.1 cm³/mol. The number of rotatable bonds is 2. The Bertz CT molecular complexity index is 352. The van der Waals surface area contributed by atoms with Gasteiger partial charge in [0.2, 0.25) is 0 Å². The second-order valence-electron chi connectivity index (χ2n) is 2.43. The lowest BCUT2D eigenvalue weighted by atomic mass is 10.1. The van der Waals surface area contributed by atoms with E-state index in [1.54, 1.807) is 0 Å². The summed E-state index contributed by atoms with van der Waals surface area (Å²) in [4.78, 5) is 10.4. The lowest BCUT2D eigenvalue weighted by Crippen LogP contribution is -2.01. The van der Waals surface area contributed by atoms with Crippen LogP contribution in [0, 0.1) is 5.82 Å². The van der Waals surface area contributed by atoms with E-state index in [1.165, 1.54) is 12.1 Å². The second-order valence-corrected chi connectivity index (χ2v) is 4.08. The minimum absolute atomic E-state index is 0.197. The summed E-state index contributed by atoms with van der Waals surface area (Å²) in [6, 6.07) is 2.47. The minimum atomic E-state index is -0.988. The highest BCUT2D eigenvalue weighted by molar-refractivity contribution is 9.13. The van der Waals surface area contributed by atoms with Gasteiger partial charge >= 0.3 is 5.97 Å². The highest BCUT2D eigenvalue weighted by Gasteiger charge is 2.09. The fourth-order valence-electron chi connectivity index (χ4n) is 0.901. The second kappa shape index (κ2) is 4.19. The van der Waals surface area contributed by atoms with E-state index in [4.69, 9.17) is 5.11 Å². The largest absolute Gasteiger partial charge is 0.481 e. The van der Waals surface area contributed by atoms with Crippen molar-refractivity contribution in [2.75, 3.05) is 0 Å². The van der Waals surface area contributed by atoms with Crippen molar-refractivity contribution in [2.45, 2.75) is 6.42 Å². The number of hydrogen-bond acceptors (Lipinski definition) is 1. The van der Waals surface area contributed by atoms with Gasteiger partial charge < -0.3 is 5.11 Å². The third kappa shape index (κ3) is 2.77. The standard InChI is InChI=1S/C8H5Br2FO2/c9-6-3-5(11)1-4(8(6)10)2-7(12)13/h1,3H,2H2,(H,12,13). The maximum Gasteiger partial charge on any atom is 0.307 e. The predicted octanol–water partition coefficient (Wildman–Crippen LogP) is 2.98. The summed E-state index contributed by atoms with van der Waals surface area (Å²) in [5.74, 6) is -1.44.